The second-order valence-electron chi connectivity index (χ2n) is 5.38. The van der Waals surface area contributed by atoms with Crippen LogP contribution in [0.25, 0.3) is 10.9 Å². The van der Waals surface area contributed by atoms with E-state index in [0.717, 1.165) is 18.4 Å². The fraction of sp³-hybridized carbons (Fsp3) is 0.400. The van der Waals surface area contributed by atoms with Crippen molar-refractivity contribution in [2.24, 2.45) is 7.05 Å². The summed E-state index contributed by atoms with van der Waals surface area (Å²) in [4.78, 5) is 11.6. The molecule has 100 valence electrons. The van der Waals surface area contributed by atoms with Gasteiger partial charge in [-0.1, -0.05) is 18.9 Å². The van der Waals surface area contributed by atoms with E-state index in [0.29, 0.717) is 23.8 Å². The average Bonchev–Trinajstić information content (AvgIpc) is 2.99. The highest BCUT2D eigenvalue weighted by molar-refractivity contribution is 5.87. The fourth-order valence-corrected chi connectivity index (χ4v) is 3.26. The molecular formula is C15H16FNO2. The van der Waals surface area contributed by atoms with Crippen LogP contribution in [0.3, 0.4) is 0 Å². The SMILES string of the molecule is Cn1ccc2c(F)c(C3(C(=O)O)CCCC3)ccc21. The third kappa shape index (κ3) is 1.59. The van der Waals surface area contributed by atoms with Gasteiger partial charge in [-0.3, -0.25) is 4.79 Å². The van der Waals surface area contributed by atoms with Crippen LogP contribution in [0.4, 0.5) is 4.39 Å². The molecule has 1 fully saturated rings. The van der Waals surface area contributed by atoms with Crippen molar-refractivity contribution in [2.75, 3.05) is 0 Å². The average molecular weight is 261 g/mol. The van der Waals surface area contributed by atoms with Gasteiger partial charge in [0.2, 0.25) is 0 Å². The summed E-state index contributed by atoms with van der Waals surface area (Å²) in [7, 11) is 1.85. The lowest BCUT2D eigenvalue weighted by Crippen LogP contribution is -2.33. The second kappa shape index (κ2) is 4.08. The molecule has 1 N–H and O–H groups in total. The van der Waals surface area contributed by atoms with Crippen molar-refractivity contribution in [3.63, 3.8) is 0 Å². The van der Waals surface area contributed by atoms with Gasteiger partial charge >= 0.3 is 5.97 Å². The smallest absolute Gasteiger partial charge is 0.314 e. The molecule has 2 aromatic rings. The van der Waals surface area contributed by atoms with E-state index >= 15 is 0 Å². The first-order chi connectivity index (χ1) is 9.06. The minimum Gasteiger partial charge on any atom is -0.481 e. The standard InChI is InChI=1S/C15H16FNO2/c1-17-9-6-10-12(17)5-4-11(13(10)16)15(14(18)19)7-2-3-8-15/h4-6,9H,2-3,7-8H2,1H3,(H,18,19). The maximum Gasteiger partial charge on any atom is 0.314 e. The summed E-state index contributed by atoms with van der Waals surface area (Å²) in [6, 6.07) is 5.17. The van der Waals surface area contributed by atoms with Crippen molar-refractivity contribution >= 4 is 16.9 Å². The molecule has 1 aliphatic rings. The second-order valence-corrected chi connectivity index (χ2v) is 5.38. The molecule has 0 radical (unpaired) electrons. The lowest BCUT2D eigenvalue weighted by Gasteiger charge is -2.25. The number of carbonyl (C=O) groups is 1. The highest BCUT2D eigenvalue weighted by Crippen LogP contribution is 2.43. The molecule has 0 unspecified atom stereocenters. The molecule has 0 amide bonds. The molecule has 3 rings (SSSR count). The molecular weight excluding hydrogens is 245 g/mol. The fourth-order valence-electron chi connectivity index (χ4n) is 3.26. The largest absolute Gasteiger partial charge is 0.481 e. The molecule has 19 heavy (non-hydrogen) atoms. The molecule has 4 heteroatoms. The Bertz CT molecular complexity index is 653. The Morgan fingerprint density at radius 3 is 2.63 bits per heavy atom. The van der Waals surface area contributed by atoms with Gasteiger partial charge in [0, 0.05) is 24.2 Å². The Labute approximate surface area is 110 Å². The maximum absolute atomic E-state index is 14.7. The van der Waals surface area contributed by atoms with Crippen molar-refractivity contribution < 1.29 is 14.3 Å². The van der Waals surface area contributed by atoms with Gasteiger partial charge in [-0.2, -0.15) is 0 Å². The van der Waals surface area contributed by atoms with Gasteiger partial charge in [-0.05, 0) is 25.0 Å². The van der Waals surface area contributed by atoms with Crippen molar-refractivity contribution in [1.29, 1.82) is 0 Å². The first kappa shape index (κ1) is 12.2. The van der Waals surface area contributed by atoms with Gasteiger partial charge in [0.25, 0.3) is 0 Å². The van der Waals surface area contributed by atoms with E-state index in [1.807, 2.05) is 17.7 Å². The normalized spacial score (nSPS) is 18.0. The van der Waals surface area contributed by atoms with Crippen LogP contribution in [-0.4, -0.2) is 15.6 Å². The van der Waals surface area contributed by atoms with Crippen LogP contribution in [0, 0.1) is 5.82 Å². The van der Waals surface area contributed by atoms with Crippen molar-refractivity contribution in [2.45, 2.75) is 31.1 Å². The number of carboxylic acids is 1. The number of hydrogen-bond donors (Lipinski definition) is 1. The zero-order valence-corrected chi connectivity index (χ0v) is 10.8. The number of nitrogens with zero attached hydrogens (tertiary/aromatic N) is 1. The molecule has 0 atom stereocenters. The van der Waals surface area contributed by atoms with Crippen LogP contribution in [0.5, 0.6) is 0 Å². The van der Waals surface area contributed by atoms with Gasteiger partial charge in [-0.15, -0.1) is 0 Å². The Balaban J connectivity index is 2.25. The molecule has 0 bridgehead atoms. The van der Waals surface area contributed by atoms with E-state index in [4.69, 9.17) is 0 Å². The van der Waals surface area contributed by atoms with Crippen LogP contribution in [0.15, 0.2) is 24.4 Å². The Morgan fingerprint density at radius 1 is 1.32 bits per heavy atom. The van der Waals surface area contributed by atoms with E-state index in [-0.39, 0.29) is 5.82 Å². The van der Waals surface area contributed by atoms with E-state index in [1.54, 1.807) is 18.3 Å². The predicted octanol–water partition coefficient (Wildman–Crippen LogP) is 3.21. The summed E-state index contributed by atoms with van der Waals surface area (Å²) < 4.78 is 16.5. The number of carboxylic acid groups (broad SMARTS) is 1. The molecule has 0 saturated heterocycles. The topological polar surface area (TPSA) is 42.2 Å². The van der Waals surface area contributed by atoms with Crippen LogP contribution in [0.2, 0.25) is 0 Å². The quantitative estimate of drug-likeness (QED) is 0.902. The highest BCUT2D eigenvalue weighted by atomic mass is 19.1. The predicted molar refractivity (Wildman–Crippen MR) is 70.7 cm³/mol. The summed E-state index contributed by atoms with van der Waals surface area (Å²) in [5.41, 5.74) is 0.102. The third-order valence-corrected chi connectivity index (χ3v) is 4.38. The molecule has 0 aliphatic heterocycles. The molecule has 1 heterocycles. The Hall–Kier alpha value is -1.84. The lowest BCUT2D eigenvalue weighted by atomic mass is 9.78. The monoisotopic (exact) mass is 261 g/mol. The van der Waals surface area contributed by atoms with Crippen molar-refractivity contribution in [1.82, 2.24) is 4.57 Å². The molecule has 1 aromatic carbocycles. The first-order valence-corrected chi connectivity index (χ1v) is 6.54. The third-order valence-electron chi connectivity index (χ3n) is 4.38. The molecule has 1 saturated carbocycles. The molecule has 3 nitrogen and oxygen atoms in total. The number of hydrogen-bond acceptors (Lipinski definition) is 1. The lowest BCUT2D eigenvalue weighted by molar-refractivity contribution is -0.143. The van der Waals surface area contributed by atoms with Crippen LogP contribution >= 0.6 is 0 Å². The van der Waals surface area contributed by atoms with Crippen LogP contribution in [0.1, 0.15) is 31.2 Å². The maximum atomic E-state index is 14.7. The zero-order valence-electron chi connectivity index (χ0n) is 10.8. The number of fused-ring (bicyclic) bond motifs is 1. The van der Waals surface area contributed by atoms with E-state index < -0.39 is 11.4 Å². The van der Waals surface area contributed by atoms with E-state index in [2.05, 4.69) is 0 Å². The highest BCUT2D eigenvalue weighted by Gasteiger charge is 2.44. The summed E-state index contributed by atoms with van der Waals surface area (Å²) in [5, 5.41) is 10.1. The number of aromatic nitrogens is 1. The minimum atomic E-state index is -1.03. The number of aliphatic carboxylic acids is 1. The van der Waals surface area contributed by atoms with E-state index in [9.17, 15) is 14.3 Å². The number of rotatable bonds is 2. The van der Waals surface area contributed by atoms with Gasteiger partial charge in [0.05, 0.1) is 10.9 Å². The number of halogens is 1. The zero-order chi connectivity index (χ0) is 13.6. The van der Waals surface area contributed by atoms with E-state index in [1.165, 1.54) is 0 Å². The van der Waals surface area contributed by atoms with Gasteiger partial charge in [0.1, 0.15) is 5.82 Å². The minimum absolute atomic E-state index is 0.344. The van der Waals surface area contributed by atoms with Crippen LogP contribution in [-0.2, 0) is 17.3 Å². The van der Waals surface area contributed by atoms with Gasteiger partial charge < -0.3 is 9.67 Å². The number of aryl methyl sites for hydroxylation is 1. The molecule has 1 aromatic heterocycles. The summed E-state index contributed by atoms with van der Waals surface area (Å²) >= 11 is 0. The van der Waals surface area contributed by atoms with Gasteiger partial charge in [0.15, 0.2) is 0 Å². The summed E-state index contributed by atoms with van der Waals surface area (Å²) in [5.74, 6) is -1.28. The van der Waals surface area contributed by atoms with Crippen molar-refractivity contribution in [3.05, 3.63) is 35.8 Å². The Morgan fingerprint density at radius 2 is 2.00 bits per heavy atom. The number of benzene rings is 1. The Kier molecular flexibility index (Phi) is 2.62. The molecule has 1 aliphatic carbocycles. The summed E-state index contributed by atoms with van der Waals surface area (Å²) in [6.45, 7) is 0. The molecule has 0 spiro atoms. The van der Waals surface area contributed by atoms with Crippen LogP contribution < -0.4 is 0 Å². The summed E-state index contributed by atoms with van der Waals surface area (Å²) in [6.07, 6.45) is 4.53. The first-order valence-electron chi connectivity index (χ1n) is 6.54. The van der Waals surface area contributed by atoms with Crippen molar-refractivity contribution in [3.8, 4) is 0 Å². The van der Waals surface area contributed by atoms with Gasteiger partial charge in [-0.25, -0.2) is 4.39 Å².